The first-order valence-electron chi connectivity index (χ1n) is 10.5. The van der Waals surface area contributed by atoms with Crippen molar-refractivity contribution in [3.63, 3.8) is 0 Å². The van der Waals surface area contributed by atoms with Crippen LogP contribution in [0.5, 0.6) is 0 Å². The molecule has 0 saturated carbocycles. The van der Waals surface area contributed by atoms with Gasteiger partial charge in [-0.3, -0.25) is 4.79 Å². The lowest BCUT2D eigenvalue weighted by Crippen LogP contribution is -2.39. The van der Waals surface area contributed by atoms with E-state index in [1.54, 1.807) is 66.7 Å². The molecule has 5 nitrogen and oxygen atoms in total. The maximum absolute atomic E-state index is 13.4. The molecule has 34 heavy (non-hydrogen) atoms. The Morgan fingerprint density at radius 3 is 2.47 bits per heavy atom. The Hall–Kier alpha value is -3.41. The maximum atomic E-state index is 13.4. The topological polar surface area (TPSA) is 86.5 Å². The van der Waals surface area contributed by atoms with E-state index in [1.165, 1.54) is 7.11 Å². The standard InChI is InChI=1S/C27H21Cl2NO4/c1-34-26(33)18-6-2-4-16(10-18)21-14-27(15-31,22-9-8-20(29)12-24(22)30)23(13-25(21)32)17-5-3-7-19(28)11-17/h2-12,14-15,23H,13,30H2,1H3/t23-,27-/m0/s1. The average molecular weight is 494 g/mol. The van der Waals surface area contributed by atoms with Gasteiger partial charge < -0.3 is 15.3 Å². The van der Waals surface area contributed by atoms with E-state index in [1.807, 2.05) is 6.07 Å². The molecular formula is C27H21Cl2NO4. The molecule has 3 aromatic rings. The second-order valence-electron chi connectivity index (χ2n) is 8.15. The average Bonchev–Trinajstić information content (AvgIpc) is 2.84. The molecule has 4 rings (SSSR count). The summed E-state index contributed by atoms with van der Waals surface area (Å²) in [5.41, 5.74) is 7.80. The SMILES string of the molecule is COC(=O)c1cccc(C2=C[C@](C=O)(c3ccc(Cl)cc3N)[C@H](c3cccc(Cl)c3)CC2=O)c1. The van der Waals surface area contributed by atoms with Gasteiger partial charge in [0.05, 0.1) is 18.1 Å². The van der Waals surface area contributed by atoms with E-state index in [2.05, 4.69) is 0 Å². The van der Waals surface area contributed by atoms with Crippen LogP contribution < -0.4 is 5.73 Å². The lowest BCUT2D eigenvalue weighted by Gasteiger charge is -2.39. The lowest BCUT2D eigenvalue weighted by molar-refractivity contribution is -0.116. The predicted molar refractivity (Wildman–Crippen MR) is 133 cm³/mol. The number of hydrogen-bond acceptors (Lipinski definition) is 5. The molecule has 0 radical (unpaired) electrons. The van der Waals surface area contributed by atoms with Gasteiger partial charge in [0.25, 0.3) is 0 Å². The zero-order chi connectivity index (χ0) is 24.5. The van der Waals surface area contributed by atoms with E-state index in [9.17, 15) is 14.4 Å². The zero-order valence-corrected chi connectivity index (χ0v) is 19.8. The molecule has 7 heteroatoms. The minimum Gasteiger partial charge on any atom is -0.465 e. The summed E-state index contributed by atoms with van der Waals surface area (Å²) < 4.78 is 4.81. The molecule has 2 atom stereocenters. The van der Waals surface area contributed by atoms with E-state index in [4.69, 9.17) is 33.7 Å². The minimum absolute atomic E-state index is 0.0371. The zero-order valence-electron chi connectivity index (χ0n) is 18.3. The number of rotatable bonds is 5. The number of ketones is 1. The fourth-order valence-electron chi connectivity index (χ4n) is 4.55. The number of methoxy groups -OCH3 is 1. The van der Waals surface area contributed by atoms with Crippen molar-refractivity contribution in [3.05, 3.63) is 105 Å². The third-order valence-corrected chi connectivity index (χ3v) is 6.64. The number of benzene rings is 3. The molecule has 0 unspecified atom stereocenters. The maximum Gasteiger partial charge on any atom is 0.337 e. The van der Waals surface area contributed by atoms with Crippen molar-refractivity contribution >= 4 is 52.5 Å². The molecule has 0 saturated heterocycles. The number of carbonyl (C=O) groups excluding carboxylic acids is 3. The van der Waals surface area contributed by atoms with E-state index in [0.29, 0.717) is 38.0 Å². The quantitative estimate of drug-likeness (QED) is 0.282. The van der Waals surface area contributed by atoms with Crippen LogP contribution in [-0.2, 0) is 19.7 Å². The monoisotopic (exact) mass is 493 g/mol. The summed E-state index contributed by atoms with van der Waals surface area (Å²) in [6.45, 7) is 0. The van der Waals surface area contributed by atoms with Crippen molar-refractivity contribution in [2.75, 3.05) is 12.8 Å². The molecule has 1 aliphatic rings. The molecule has 0 aromatic heterocycles. The summed E-state index contributed by atoms with van der Waals surface area (Å²) in [6.07, 6.45) is 2.50. The number of nitrogens with two attached hydrogens (primary N) is 1. The summed E-state index contributed by atoms with van der Waals surface area (Å²) in [6, 6.07) is 18.6. The van der Waals surface area contributed by atoms with E-state index in [0.717, 1.165) is 11.8 Å². The number of nitrogen functional groups attached to an aromatic ring is 1. The van der Waals surface area contributed by atoms with Crippen LogP contribution in [0.15, 0.2) is 72.8 Å². The number of Topliss-reactive ketones (excluding diaryl/α,β-unsaturated/α-hetero) is 1. The number of anilines is 1. The number of ether oxygens (including phenoxy) is 1. The third kappa shape index (κ3) is 4.25. The van der Waals surface area contributed by atoms with Crippen molar-refractivity contribution in [2.45, 2.75) is 17.8 Å². The molecule has 0 bridgehead atoms. The van der Waals surface area contributed by atoms with Crippen LogP contribution in [0.2, 0.25) is 10.0 Å². The first kappa shape index (κ1) is 23.7. The highest BCUT2D eigenvalue weighted by molar-refractivity contribution is 6.31. The largest absolute Gasteiger partial charge is 0.465 e. The van der Waals surface area contributed by atoms with Gasteiger partial charge >= 0.3 is 5.97 Å². The van der Waals surface area contributed by atoms with Crippen LogP contribution in [0.4, 0.5) is 5.69 Å². The van der Waals surface area contributed by atoms with Crippen molar-refractivity contribution in [1.29, 1.82) is 0 Å². The van der Waals surface area contributed by atoms with Gasteiger partial charge in [-0.25, -0.2) is 4.79 Å². The Balaban J connectivity index is 1.98. The molecule has 1 aliphatic carbocycles. The molecule has 0 amide bonds. The molecule has 0 heterocycles. The van der Waals surface area contributed by atoms with Gasteiger partial charge in [-0.15, -0.1) is 0 Å². The van der Waals surface area contributed by atoms with Crippen LogP contribution in [0.25, 0.3) is 5.57 Å². The van der Waals surface area contributed by atoms with E-state index in [-0.39, 0.29) is 12.2 Å². The molecule has 172 valence electrons. The van der Waals surface area contributed by atoms with Crippen molar-refractivity contribution < 1.29 is 19.1 Å². The van der Waals surface area contributed by atoms with Gasteiger partial charge in [0, 0.05) is 33.6 Å². The Morgan fingerprint density at radius 1 is 1.06 bits per heavy atom. The predicted octanol–water partition coefficient (Wildman–Crippen LogP) is 5.64. The molecule has 0 fully saturated rings. The number of esters is 1. The Labute approximate surface area is 207 Å². The summed E-state index contributed by atoms with van der Waals surface area (Å²) in [5.74, 6) is -1.24. The number of halogens is 2. The lowest BCUT2D eigenvalue weighted by atomic mass is 9.61. The number of aldehydes is 1. The highest BCUT2D eigenvalue weighted by Gasteiger charge is 2.46. The summed E-state index contributed by atoms with van der Waals surface area (Å²) >= 11 is 12.4. The third-order valence-electron chi connectivity index (χ3n) is 6.17. The van der Waals surface area contributed by atoms with Crippen LogP contribution in [0, 0.1) is 0 Å². The molecule has 2 N–H and O–H groups in total. The Bertz CT molecular complexity index is 1330. The van der Waals surface area contributed by atoms with Crippen molar-refractivity contribution in [2.24, 2.45) is 0 Å². The molecule has 0 aliphatic heterocycles. The number of hydrogen-bond donors (Lipinski definition) is 1. The first-order chi connectivity index (χ1) is 16.3. The van der Waals surface area contributed by atoms with E-state index >= 15 is 0 Å². The van der Waals surface area contributed by atoms with Gasteiger partial charge in [0.2, 0.25) is 0 Å². The highest BCUT2D eigenvalue weighted by Crippen LogP contribution is 2.49. The van der Waals surface area contributed by atoms with Crippen LogP contribution in [0.3, 0.4) is 0 Å². The first-order valence-corrected chi connectivity index (χ1v) is 11.3. The summed E-state index contributed by atoms with van der Waals surface area (Å²) in [7, 11) is 1.29. The van der Waals surface area contributed by atoms with Crippen LogP contribution in [-0.4, -0.2) is 25.1 Å². The Kier molecular flexibility index (Phi) is 6.60. The summed E-state index contributed by atoms with van der Waals surface area (Å²) in [4.78, 5) is 38.4. The highest BCUT2D eigenvalue weighted by atomic mass is 35.5. The molecule has 0 spiro atoms. The van der Waals surface area contributed by atoms with Crippen molar-refractivity contribution in [3.8, 4) is 0 Å². The normalized spacial score (nSPS) is 19.9. The number of allylic oxidation sites excluding steroid dienone is 2. The van der Waals surface area contributed by atoms with Gasteiger partial charge in [-0.1, -0.05) is 59.6 Å². The van der Waals surface area contributed by atoms with E-state index < -0.39 is 17.3 Å². The van der Waals surface area contributed by atoms with Gasteiger partial charge in [-0.05, 0) is 53.1 Å². The van der Waals surface area contributed by atoms with Gasteiger partial charge in [0.15, 0.2) is 5.78 Å². The molecular weight excluding hydrogens is 473 g/mol. The van der Waals surface area contributed by atoms with Crippen LogP contribution in [0.1, 0.15) is 39.4 Å². The van der Waals surface area contributed by atoms with Crippen LogP contribution >= 0.6 is 23.2 Å². The Morgan fingerprint density at radius 2 is 1.79 bits per heavy atom. The second-order valence-corrected chi connectivity index (χ2v) is 9.02. The smallest absolute Gasteiger partial charge is 0.337 e. The summed E-state index contributed by atoms with van der Waals surface area (Å²) in [5, 5.41) is 0.929. The van der Waals surface area contributed by atoms with Crippen molar-refractivity contribution in [1.82, 2.24) is 0 Å². The minimum atomic E-state index is -1.27. The van der Waals surface area contributed by atoms with Gasteiger partial charge in [-0.2, -0.15) is 0 Å². The second kappa shape index (κ2) is 9.45. The fraction of sp³-hybridized carbons (Fsp3) is 0.148. The fourth-order valence-corrected chi connectivity index (χ4v) is 4.93. The van der Waals surface area contributed by atoms with Gasteiger partial charge in [0.1, 0.15) is 6.29 Å². The number of carbonyl (C=O) groups is 3. The molecule has 3 aromatic carbocycles.